The number of nitrogen functional groups attached to an aromatic ring is 1. The third kappa shape index (κ3) is 15.3. The quantitative estimate of drug-likeness (QED) is 0.0271. The van der Waals surface area contributed by atoms with Gasteiger partial charge in [0.15, 0.2) is 0 Å². The largest absolute Gasteiger partial charge is 0.481 e. The molecule has 0 saturated carbocycles. The summed E-state index contributed by atoms with van der Waals surface area (Å²) in [6.45, 7) is 20.3. The minimum atomic E-state index is -4.53. The zero-order chi connectivity index (χ0) is 48.0. The van der Waals surface area contributed by atoms with Crippen LogP contribution in [0.3, 0.4) is 0 Å². The van der Waals surface area contributed by atoms with E-state index in [4.69, 9.17) is 47.3 Å². The first-order chi connectivity index (χ1) is 29.3. The molecule has 0 radical (unpaired) electrons. The zero-order valence-electron chi connectivity index (χ0n) is 33.6. The number of benzene rings is 4. The maximum atomic E-state index is 12.6. The van der Waals surface area contributed by atoms with Crippen molar-refractivity contribution in [1.29, 1.82) is 0 Å². The maximum Gasteiger partial charge on any atom is 0.416 e. The summed E-state index contributed by atoms with van der Waals surface area (Å²) in [6.07, 6.45) is -10.7. The number of hydrogen-bond donors (Lipinski definition) is 7. The number of hydrogen-bond acceptors (Lipinski definition) is 7. The fourth-order valence-corrected chi connectivity index (χ4v) is 5.90. The number of nitrogens with zero attached hydrogens (tertiary/aromatic N) is 2. The van der Waals surface area contributed by atoms with Crippen molar-refractivity contribution in [2.75, 3.05) is 0 Å². The molecule has 336 valence electrons. The van der Waals surface area contributed by atoms with Gasteiger partial charge in [-0.3, -0.25) is 35.5 Å². The number of carbonyl (C=O) groups is 4. The molecule has 0 saturated heterocycles. The highest BCUT2D eigenvalue weighted by molar-refractivity contribution is 6.34. The second-order valence-electron chi connectivity index (χ2n) is 13.6. The fraction of sp³-hybridized carbons (Fsp3) is 0.286. The number of aliphatic hydroxyl groups is 2. The normalized spacial score (nSPS) is 12.8. The predicted molar refractivity (Wildman–Crippen MR) is 220 cm³/mol. The second kappa shape index (κ2) is 23.3. The summed E-state index contributed by atoms with van der Waals surface area (Å²) in [6, 6.07) is 13.7. The number of alkyl halides is 6. The molecule has 0 aliphatic carbocycles. The fourth-order valence-electron chi connectivity index (χ4n) is 5.44. The van der Waals surface area contributed by atoms with Gasteiger partial charge in [-0.25, -0.2) is 15.5 Å². The van der Waals surface area contributed by atoms with Crippen LogP contribution in [0.25, 0.3) is 9.69 Å². The van der Waals surface area contributed by atoms with Crippen LogP contribution in [0.2, 0.25) is 10.0 Å². The van der Waals surface area contributed by atoms with Crippen molar-refractivity contribution >= 4 is 58.3 Å². The number of halogens is 8. The maximum absolute atomic E-state index is 12.6. The molecule has 4 aromatic rings. The predicted octanol–water partition coefficient (Wildman–Crippen LogP) is 8.35. The van der Waals surface area contributed by atoms with E-state index >= 15 is 0 Å². The van der Waals surface area contributed by atoms with E-state index < -0.39 is 71.2 Å². The molecule has 21 heteroatoms. The monoisotopic (exact) mass is 924 g/mol. The molecule has 8 N–H and O–H groups in total. The third-order valence-electron chi connectivity index (χ3n) is 9.27. The average molecular weight is 926 g/mol. The van der Waals surface area contributed by atoms with E-state index in [0.29, 0.717) is 27.4 Å². The van der Waals surface area contributed by atoms with Crippen molar-refractivity contribution in [3.63, 3.8) is 0 Å². The molecule has 0 aromatic heterocycles. The number of nitrogens with two attached hydrogens (primary N) is 1. The molecule has 63 heavy (non-hydrogen) atoms. The van der Waals surface area contributed by atoms with E-state index in [0.717, 1.165) is 54.1 Å². The van der Waals surface area contributed by atoms with Crippen LogP contribution in [0, 0.1) is 38.8 Å². The van der Waals surface area contributed by atoms with Gasteiger partial charge in [-0.1, -0.05) is 47.5 Å². The van der Waals surface area contributed by atoms with Gasteiger partial charge in [0, 0.05) is 11.1 Å². The Hall–Kier alpha value is -6.22. The van der Waals surface area contributed by atoms with E-state index in [1.807, 2.05) is 5.43 Å². The summed E-state index contributed by atoms with van der Waals surface area (Å²) in [5, 5.41) is 29.1. The highest BCUT2D eigenvalue weighted by Gasteiger charge is 2.32. The molecule has 4 aromatic carbocycles. The number of hydrazine groups is 2. The highest BCUT2D eigenvalue weighted by atomic mass is 35.5. The molecule has 4 rings (SSSR count). The van der Waals surface area contributed by atoms with Gasteiger partial charge in [0.05, 0.1) is 58.4 Å². The lowest BCUT2D eigenvalue weighted by Crippen LogP contribution is -2.47. The van der Waals surface area contributed by atoms with E-state index in [-0.39, 0.29) is 34.7 Å². The van der Waals surface area contributed by atoms with Crippen molar-refractivity contribution in [3.8, 4) is 0 Å². The molecule has 0 bridgehead atoms. The SMILES string of the molecule is NNC(=O)c1ccc(C(F)(F)F)cc1.[C-]#[N+]c1ccc(C[C@@H](C(=O)NNC(=O)c2ccc(C(F)(F)F)cc2)[C@H](C)O)c(C)c1Cl.[C-]#[N+]c1ccc(C[C@@H](C(=O)O)[C@H](C)O)c(C)c1Cl. The summed E-state index contributed by atoms with van der Waals surface area (Å²) < 4.78 is 74.1. The highest BCUT2D eigenvalue weighted by Crippen LogP contribution is 2.34. The first kappa shape index (κ1) is 52.9. The van der Waals surface area contributed by atoms with Gasteiger partial charge in [0.2, 0.25) is 17.3 Å². The standard InChI is InChI=1S/C21H19ClF3N3O3.C13H14ClNO3.C8H7F3N2O/c1-11-14(6-9-17(26-3)18(11)22)10-16(12(2)29)20(31)28-27-19(30)13-4-7-15(8-5-13)21(23,24)25;1-7-9(4-5-11(15-3)12(7)14)6-10(8(2)16)13(17)18;9-8(10,11)6-3-1-5(2-4-6)7(14)13-12/h4-9,12,16,29H,10H2,1-2H3,(H,27,30)(H,28,31);4-5,8,10,16H,6H2,1-2H3,(H,17,18);1-4H,12H2,(H,13,14)/t12-,16+;8-,10+;/m00./s1. The van der Waals surface area contributed by atoms with Crippen molar-refractivity contribution in [3.05, 3.63) is 150 Å². The Morgan fingerprint density at radius 1 is 0.651 bits per heavy atom. The van der Waals surface area contributed by atoms with Crippen LogP contribution in [0.1, 0.15) is 67.9 Å². The Kier molecular flexibility index (Phi) is 19.6. The molecule has 0 heterocycles. The lowest BCUT2D eigenvalue weighted by molar-refractivity contribution is -0.145. The van der Waals surface area contributed by atoms with Crippen LogP contribution in [0.5, 0.6) is 0 Å². The van der Waals surface area contributed by atoms with E-state index in [9.17, 15) is 55.7 Å². The van der Waals surface area contributed by atoms with Crippen molar-refractivity contribution in [2.24, 2.45) is 17.7 Å². The summed E-state index contributed by atoms with van der Waals surface area (Å²) >= 11 is 12.2. The number of rotatable bonds is 10. The van der Waals surface area contributed by atoms with Gasteiger partial charge >= 0.3 is 18.3 Å². The Labute approximate surface area is 367 Å². The number of nitrogens with one attached hydrogen (secondary N) is 3. The molecule has 0 unspecified atom stereocenters. The lowest BCUT2D eigenvalue weighted by atomic mass is 9.91. The molecular weight excluding hydrogens is 885 g/mol. The number of aliphatic carboxylic acids is 1. The summed E-state index contributed by atoms with van der Waals surface area (Å²) in [5.41, 5.74) is 7.72. The van der Waals surface area contributed by atoms with Gasteiger partial charge in [-0.2, -0.15) is 26.3 Å². The average Bonchev–Trinajstić information content (AvgIpc) is 3.23. The first-order valence-electron chi connectivity index (χ1n) is 18.1. The number of carboxylic acids is 1. The Morgan fingerprint density at radius 2 is 1.02 bits per heavy atom. The lowest BCUT2D eigenvalue weighted by Gasteiger charge is -2.21. The van der Waals surface area contributed by atoms with Gasteiger partial charge in [-0.05, 0) is 111 Å². The minimum absolute atomic E-state index is 0.0838. The van der Waals surface area contributed by atoms with Crippen LogP contribution in [-0.4, -0.2) is 51.2 Å². The molecule has 4 atom stereocenters. The number of carbonyl (C=O) groups excluding carboxylic acids is 3. The Balaban J connectivity index is 0.000000360. The van der Waals surface area contributed by atoms with E-state index in [2.05, 4.69) is 20.5 Å². The number of carboxylic acid groups (broad SMARTS) is 1. The van der Waals surface area contributed by atoms with Gasteiger partial charge in [0.25, 0.3) is 11.8 Å². The Bertz CT molecular complexity index is 2350. The van der Waals surface area contributed by atoms with Crippen LogP contribution in [0.15, 0.2) is 72.8 Å². The van der Waals surface area contributed by atoms with Gasteiger partial charge in [0.1, 0.15) is 0 Å². The van der Waals surface area contributed by atoms with Crippen molar-refractivity contribution in [2.45, 2.75) is 65.1 Å². The molecule has 0 fully saturated rings. The Morgan fingerprint density at radius 3 is 1.33 bits per heavy atom. The van der Waals surface area contributed by atoms with Crippen molar-refractivity contribution in [1.82, 2.24) is 16.3 Å². The second-order valence-corrected chi connectivity index (χ2v) is 14.4. The summed E-state index contributed by atoms with van der Waals surface area (Å²) in [5.74, 6) is -0.207. The van der Waals surface area contributed by atoms with E-state index in [1.54, 1.807) is 32.0 Å². The number of amides is 3. The smallest absolute Gasteiger partial charge is 0.416 e. The number of aliphatic hydroxyl groups excluding tert-OH is 2. The van der Waals surface area contributed by atoms with Crippen LogP contribution in [0.4, 0.5) is 37.7 Å². The van der Waals surface area contributed by atoms with E-state index in [1.165, 1.54) is 19.9 Å². The van der Waals surface area contributed by atoms with Crippen LogP contribution in [-0.2, 0) is 34.8 Å². The molecule has 3 amide bonds. The summed E-state index contributed by atoms with van der Waals surface area (Å²) in [7, 11) is 0. The minimum Gasteiger partial charge on any atom is -0.481 e. The summed E-state index contributed by atoms with van der Waals surface area (Å²) in [4.78, 5) is 53.1. The molecule has 0 aliphatic heterocycles. The topological polar surface area (TPSA) is 200 Å². The molecule has 13 nitrogen and oxygen atoms in total. The van der Waals surface area contributed by atoms with Crippen LogP contribution < -0.4 is 22.1 Å². The van der Waals surface area contributed by atoms with Gasteiger partial charge in [-0.15, -0.1) is 0 Å². The molecular formula is C42H40Cl2F6N6O7. The van der Waals surface area contributed by atoms with Crippen LogP contribution >= 0.6 is 23.2 Å². The van der Waals surface area contributed by atoms with Crippen molar-refractivity contribution < 1.29 is 60.8 Å². The first-order valence-corrected chi connectivity index (χ1v) is 18.9. The van der Waals surface area contributed by atoms with Gasteiger partial charge < -0.3 is 15.3 Å². The molecule has 0 aliphatic rings. The molecule has 0 spiro atoms. The zero-order valence-corrected chi connectivity index (χ0v) is 35.1. The third-order valence-corrected chi connectivity index (χ3v) is 10.2.